The molecule has 0 aliphatic carbocycles. The van der Waals surface area contributed by atoms with Crippen LogP contribution in [0.5, 0.6) is 5.75 Å². The molecule has 2 heterocycles. The van der Waals surface area contributed by atoms with Gasteiger partial charge >= 0.3 is 5.63 Å². The Balaban J connectivity index is 1.50. The van der Waals surface area contributed by atoms with E-state index in [0.29, 0.717) is 22.0 Å². The highest BCUT2D eigenvalue weighted by Crippen LogP contribution is 2.25. The molecule has 0 saturated carbocycles. The molecule has 2 aromatic carbocycles. The quantitative estimate of drug-likeness (QED) is 0.517. The molecule has 140 valence electrons. The maximum atomic E-state index is 12.3. The van der Waals surface area contributed by atoms with Gasteiger partial charge in [0.1, 0.15) is 11.3 Å². The molecule has 4 aromatic rings. The summed E-state index contributed by atoms with van der Waals surface area (Å²) in [6.45, 7) is 0. The fraction of sp³-hybridized carbons (Fsp3) is 0.0952. The first-order chi connectivity index (χ1) is 13.6. The Bertz CT molecular complexity index is 1190. The van der Waals surface area contributed by atoms with Crippen LogP contribution < -0.4 is 15.7 Å². The van der Waals surface area contributed by atoms with Crippen molar-refractivity contribution in [3.8, 4) is 17.0 Å². The van der Waals surface area contributed by atoms with Gasteiger partial charge in [0.2, 0.25) is 5.91 Å². The lowest BCUT2D eigenvalue weighted by Gasteiger charge is -2.04. The van der Waals surface area contributed by atoms with Crippen molar-refractivity contribution in [3.63, 3.8) is 0 Å². The van der Waals surface area contributed by atoms with E-state index < -0.39 is 5.63 Å². The van der Waals surface area contributed by atoms with Gasteiger partial charge in [-0.2, -0.15) is 0 Å². The van der Waals surface area contributed by atoms with Gasteiger partial charge in [-0.15, -0.1) is 11.3 Å². The van der Waals surface area contributed by atoms with Crippen LogP contribution in [0.4, 0.5) is 5.13 Å². The number of benzene rings is 2. The number of rotatable bonds is 5. The second-order valence-electron chi connectivity index (χ2n) is 6.10. The third kappa shape index (κ3) is 3.79. The number of hydrogen-bond acceptors (Lipinski definition) is 6. The SMILES string of the molecule is COc1ccc(CC(=O)Nc2nc(-c3cc4ccccc4oc3=O)cs2)cc1. The van der Waals surface area contributed by atoms with Gasteiger partial charge in [-0.3, -0.25) is 4.79 Å². The molecule has 7 heteroatoms. The Kier molecular flexibility index (Phi) is 4.90. The Morgan fingerprint density at radius 2 is 1.96 bits per heavy atom. The van der Waals surface area contributed by atoms with E-state index in [2.05, 4.69) is 10.3 Å². The van der Waals surface area contributed by atoms with E-state index in [0.717, 1.165) is 16.7 Å². The van der Waals surface area contributed by atoms with E-state index in [9.17, 15) is 9.59 Å². The van der Waals surface area contributed by atoms with E-state index in [1.54, 1.807) is 24.6 Å². The van der Waals surface area contributed by atoms with Crippen molar-refractivity contribution in [2.75, 3.05) is 12.4 Å². The minimum absolute atomic E-state index is 0.184. The molecule has 2 aromatic heterocycles. The largest absolute Gasteiger partial charge is 0.497 e. The lowest BCUT2D eigenvalue weighted by molar-refractivity contribution is -0.115. The number of anilines is 1. The van der Waals surface area contributed by atoms with Crippen LogP contribution in [0, 0.1) is 0 Å². The fourth-order valence-corrected chi connectivity index (χ4v) is 3.51. The topological polar surface area (TPSA) is 81.4 Å². The van der Waals surface area contributed by atoms with Gasteiger partial charge in [-0.25, -0.2) is 9.78 Å². The van der Waals surface area contributed by atoms with Gasteiger partial charge in [0.25, 0.3) is 0 Å². The number of carbonyl (C=O) groups excluding carboxylic acids is 1. The van der Waals surface area contributed by atoms with Crippen LogP contribution >= 0.6 is 11.3 Å². The van der Waals surface area contributed by atoms with Gasteiger partial charge in [0.05, 0.1) is 24.8 Å². The summed E-state index contributed by atoms with van der Waals surface area (Å²) in [7, 11) is 1.60. The lowest BCUT2D eigenvalue weighted by atomic mass is 10.1. The summed E-state index contributed by atoms with van der Waals surface area (Å²) in [5.74, 6) is 0.555. The minimum atomic E-state index is -0.458. The van der Waals surface area contributed by atoms with E-state index in [4.69, 9.17) is 9.15 Å². The third-order valence-corrected chi connectivity index (χ3v) is 4.95. The van der Waals surface area contributed by atoms with Crippen molar-refractivity contribution in [1.29, 1.82) is 0 Å². The lowest BCUT2D eigenvalue weighted by Crippen LogP contribution is -2.14. The van der Waals surface area contributed by atoms with Gasteiger partial charge < -0.3 is 14.5 Å². The number of aromatic nitrogens is 1. The molecule has 1 N–H and O–H groups in total. The number of ether oxygens (including phenoxy) is 1. The standard InChI is InChI=1S/C21H16N2O4S/c1-26-15-8-6-13(7-9-15)10-19(24)23-21-22-17(12-28-21)16-11-14-4-2-3-5-18(14)27-20(16)25/h2-9,11-12H,10H2,1H3,(H,22,23,24). The Morgan fingerprint density at radius 1 is 1.18 bits per heavy atom. The number of methoxy groups -OCH3 is 1. The van der Waals surface area contributed by atoms with Gasteiger partial charge in [0, 0.05) is 10.8 Å². The van der Waals surface area contributed by atoms with Crippen molar-refractivity contribution in [1.82, 2.24) is 4.98 Å². The van der Waals surface area contributed by atoms with Gasteiger partial charge in [-0.05, 0) is 29.8 Å². The summed E-state index contributed by atoms with van der Waals surface area (Å²) in [6.07, 6.45) is 0.219. The number of carbonyl (C=O) groups is 1. The monoisotopic (exact) mass is 392 g/mol. The van der Waals surface area contributed by atoms with Crippen molar-refractivity contribution in [3.05, 3.63) is 76.0 Å². The van der Waals surface area contributed by atoms with Crippen molar-refractivity contribution >= 4 is 33.3 Å². The molecule has 6 nitrogen and oxygen atoms in total. The van der Waals surface area contributed by atoms with Crippen LogP contribution in [0.15, 0.2) is 69.2 Å². The number of para-hydroxylation sites is 1. The summed E-state index contributed by atoms with van der Waals surface area (Å²) in [6, 6.07) is 16.3. The molecule has 0 bridgehead atoms. The first-order valence-electron chi connectivity index (χ1n) is 8.54. The number of amides is 1. The van der Waals surface area contributed by atoms with Crippen molar-refractivity contribution in [2.45, 2.75) is 6.42 Å². The first kappa shape index (κ1) is 17.9. The molecule has 0 fully saturated rings. The second kappa shape index (κ2) is 7.66. The molecular formula is C21H16N2O4S. The van der Waals surface area contributed by atoms with E-state index in [1.165, 1.54) is 11.3 Å². The Labute approximate surface area is 164 Å². The minimum Gasteiger partial charge on any atom is -0.497 e. The molecule has 28 heavy (non-hydrogen) atoms. The molecule has 0 aliphatic heterocycles. The maximum Gasteiger partial charge on any atom is 0.345 e. The molecular weight excluding hydrogens is 376 g/mol. The van der Waals surface area contributed by atoms with E-state index in [-0.39, 0.29) is 12.3 Å². The summed E-state index contributed by atoms with van der Waals surface area (Å²) < 4.78 is 10.5. The number of fused-ring (bicyclic) bond motifs is 1. The van der Waals surface area contributed by atoms with E-state index >= 15 is 0 Å². The van der Waals surface area contributed by atoms with Crippen LogP contribution in [0.25, 0.3) is 22.2 Å². The molecule has 0 spiro atoms. The zero-order chi connectivity index (χ0) is 19.5. The summed E-state index contributed by atoms with van der Waals surface area (Å²) in [5.41, 5.74) is 1.78. The predicted molar refractivity (Wildman–Crippen MR) is 109 cm³/mol. The van der Waals surface area contributed by atoms with Crippen LogP contribution in [0.2, 0.25) is 0 Å². The van der Waals surface area contributed by atoms with Gasteiger partial charge in [0.15, 0.2) is 5.13 Å². The molecule has 0 saturated heterocycles. The molecule has 0 aliphatic rings. The average Bonchev–Trinajstić information content (AvgIpc) is 3.16. The zero-order valence-corrected chi connectivity index (χ0v) is 15.8. The first-order valence-corrected chi connectivity index (χ1v) is 9.42. The summed E-state index contributed by atoms with van der Waals surface area (Å²) in [5, 5.41) is 5.74. The number of hydrogen-bond donors (Lipinski definition) is 1. The molecule has 0 atom stereocenters. The fourth-order valence-electron chi connectivity index (χ4n) is 2.79. The maximum absolute atomic E-state index is 12.3. The highest BCUT2D eigenvalue weighted by Gasteiger charge is 2.13. The number of thiazole rings is 1. The van der Waals surface area contributed by atoms with Crippen LogP contribution in [0.3, 0.4) is 0 Å². The van der Waals surface area contributed by atoms with Crippen LogP contribution in [-0.4, -0.2) is 18.0 Å². The van der Waals surface area contributed by atoms with Crippen LogP contribution in [-0.2, 0) is 11.2 Å². The van der Waals surface area contributed by atoms with E-state index in [1.807, 2.05) is 42.5 Å². The molecule has 0 radical (unpaired) electrons. The molecule has 0 unspecified atom stereocenters. The smallest absolute Gasteiger partial charge is 0.345 e. The highest BCUT2D eigenvalue weighted by molar-refractivity contribution is 7.14. The summed E-state index contributed by atoms with van der Waals surface area (Å²) >= 11 is 1.26. The molecule has 4 rings (SSSR count). The predicted octanol–water partition coefficient (Wildman–Crippen LogP) is 4.11. The zero-order valence-electron chi connectivity index (χ0n) is 15.0. The highest BCUT2D eigenvalue weighted by atomic mass is 32.1. The van der Waals surface area contributed by atoms with Gasteiger partial charge in [-0.1, -0.05) is 30.3 Å². The third-order valence-electron chi connectivity index (χ3n) is 4.19. The van der Waals surface area contributed by atoms with Crippen molar-refractivity contribution in [2.24, 2.45) is 0 Å². The van der Waals surface area contributed by atoms with Crippen LogP contribution in [0.1, 0.15) is 5.56 Å². The average molecular weight is 392 g/mol. The van der Waals surface area contributed by atoms with Crippen molar-refractivity contribution < 1.29 is 13.9 Å². The second-order valence-corrected chi connectivity index (χ2v) is 6.95. The Hall–Kier alpha value is -3.45. The number of nitrogens with one attached hydrogen (secondary N) is 1. The Morgan fingerprint density at radius 3 is 2.75 bits per heavy atom. The number of nitrogens with zero attached hydrogens (tertiary/aromatic N) is 1. The molecule has 1 amide bonds. The summed E-state index contributed by atoms with van der Waals surface area (Å²) in [4.78, 5) is 28.9. The normalized spacial score (nSPS) is 10.8.